The van der Waals surface area contributed by atoms with Gasteiger partial charge in [-0.2, -0.15) is 0 Å². The van der Waals surface area contributed by atoms with Gasteiger partial charge in [-0.1, -0.05) is 238 Å². The molecule has 59 heavy (non-hydrogen) atoms. The molecule has 3 atom stereocenters. The Morgan fingerprint density at radius 1 is 0.508 bits per heavy atom. The first kappa shape index (κ1) is 57.3. The van der Waals surface area contributed by atoms with Crippen LogP contribution in [0, 0.1) is 0 Å². The normalized spacial score (nSPS) is 13.4. The van der Waals surface area contributed by atoms with E-state index in [2.05, 4.69) is 50.4 Å². The molecule has 0 radical (unpaired) electrons. The number of ether oxygens (including phenoxy) is 1. The van der Waals surface area contributed by atoms with E-state index in [1.807, 2.05) is 0 Å². The number of esters is 1. The lowest BCUT2D eigenvalue weighted by molar-refractivity contribution is -0.151. The first-order chi connectivity index (χ1) is 29.0. The lowest BCUT2D eigenvalue weighted by Crippen LogP contribution is -2.46. The van der Waals surface area contributed by atoms with E-state index in [9.17, 15) is 19.8 Å². The number of amides is 1. The first-order valence-electron chi connectivity index (χ1n) is 26.1. The molecule has 0 aromatic rings. The monoisotopic (exact) mass is 832 g/mol. The van der Waals surface area contributed by atoms with Crippen LogP contribution in [-0.2, 0) is 14.3 Å². The average Bonchev–Trinajstić information content (AvgIpc) is 3.23. The number of carbonyl (C=O) groups is 2. The van der Waals surface area contributed by atoms with Crippen LogP contribution in [0.3, 0.4) is 0 Å². The second-order valence-electron chi connectivity index (χ2n) is 17.9. The molecule has 6 heteroatoms. The van der Waals surface area contributed by atoms with Crippen LogP contribution in [0.4, 0.5) is 0 Å². The van der Waals surface area contributed by atoms with Crippen molar-refractivity contribution in [3.8, 4) is 0 Å². The summed E-state index contributed by atoms with van der Waals surface area (Å²) >= 11 is 0. The Balaban J connectivity index is 4.51. The van der Waals surface area contributed by atoms with Crippen molar-refractivity contribution in [2.24, 2.45) is 0 Å². The number of carbonyl (C=O) groups excluding carboxylic acids is 2. The highest BCUT2D eigenvalue weighted by molar-refractivity contribution is 5.77. The largest absolute Gasteiger partial charge is 0.462 e. The van der Waals surface area contributed by atoms with Crippen LogP contribution >= 0.6 is 0 Å². The van der Waals surface area contributed by atoms with Crippen LogP contribution < -0.4 is 5.32 Å². The van der Waals surface area contributed by atoms with Gasteiger partial charge in [-0.05, 0) is 51.4 Å². The fraction of sp³-hybridized carbons (Fsp3) is 0.887. The molecule has 0 bridgehead atoms. The van der Waals surface area contributed by atoms with E-state index in [4.69, 9.17) is 4.74 Å². The SMILES string of the molecule is CC/C=C/C/C=C/CCCCCCCC(CC(=O)NC(CO)C(O)CCCCCCCCCCCCCC)OC(=O)CCCCCCCCCCCCCCCCCC. The number of aliphatic hydroxyl groups is 2. The summed E-state index contributed by atoms with van der Waals surface area (Å²) in [6.45, 7) is 6.39. The van der Waals surface area contributed by atoms with E-state index < -0.39 is 18.2 Å². The first-order valence-corrected chi connectivity index (χ1v) is 26.1. The van der Waals surface area contributed by atoms with Crippen LogP contribution in [0.15, 0.2) is 24.3 Å². The van der Waals surface area contributed by atoms with Gasteiger partial charge in [0.25, 0.3) is 0 Å². The number of unbranched alkanes of at least 4 members (excludes halogenated alkanes) is 31. The lowest BCUT2D eigenvalue weighted by Gasteiger charge is -2.24. The van der Waals surface area contributed by atoms with Gasteiger partial charge in [-0.3, -0.25) is 9.59 Å². The highest BCUT2D eigenvalue weighted by atomic mass is 16.5. The van der Waals surface area contributed by atoms with Crippen LogP contribution in [-0.4, -0.2) is 46.9 Å². The van der Waals surface area contributed by atoms with Crippen LogP contribution in [0.5, 0.6) is 0 Å². The Kier molecular flexibility index (Phi) is 46.1. The Morgan fingerprint density at radius 3 is 1.37 bits per heavy atom. The van der Waals surface area contributed by atoms with E-state index in [1.165, 1.54) is 161 Å². The molecule has 0 spiro atoms. The Hall–Kier alpha value is -1.66. The van der Waals surface area contributed by atoms with Crippen LogP contribution in [0.25, 0.3) is 0 Å². The summed E-state index contributed by atoms with van der Waals surface area (Å²) in [5, 5.41) is 23.7. The molecule has 0 aromatic heterocycles. The number of nitrogens with one attached hydrogen (secondary N) is 1. The van der Waals surface area contributed by atoms with Crippen molar-refractivity contribution in [1.82, 2.24) is 5.32 Å². The minimum absolute atomic E-state index is 0.0732. The molecule has 0 heterocycles. The zero-order chi connectivity index (χ0) is 43.1. The fourth-order valence-corrected chi connectivity index (χ4v) is 8.12. The second kappa shape index (κ2) is 47.4. The molecule has 1 amide bonds. The third kappa shape index (κ3) is 42.8. The molecule has 0 fully saturated rings. The van der Waals surface area contributed by atoms with Gasteiger partial charge in [0.15, 0.2) is 0 Å². The summed E-state index contributed by atoms with van der Waals surface area (Å²) in [6.07, 6.45) is 53.8. The molecule has 0 saturated carbocycles. The van der Waals surface area contributed by atoms with Crippen molar-refractivity contribution in [2.75, 3.05) is 6.61 Å². The molecule has 348 valence electrons. The topological polar surface area (TPSA) is 95.9 Å². The molecular weight excluding hydrogens is 731 g/mol. The number of rotatable bonds is 47. The fourth-order valence-electron chi connectivity index (χ4n) is 8.12. The van der Waals surface area contributed by atoms with Crippen molar-refractivity contribution < 1.29 is 24.5 Å². The molecule has 0 aliphatic heterocycles. The van der Waals surface area contributed by atoms with Gasteiger partial charge in [0.05, 0.1) is 25.2 Å². The number of aliphatic hydroxyl groups excluding tert-OH is 2. The van der Waals surface area contributed by atoms with Gasteiger partial charge in [0, 0.05) is 6.42 Å². The second-order valence-corrected chi connectivity index (χ2v) is 17.9. The zero-order valence-electron chi connectivity index (χ0n) is 39.7. The summed E-state index contributed by atoms with van der Waals surface area (Å²) in [6, 6.07) is -0.701. The van der Waals surface area contributed by atoms with Crippen molar-refractivity contribution in [2.45, 2.75) is 296 Å². The zero-order valence-corrected chi connectivity index (χ0v) is 39.7. The van der Waals surface area contributed by atoms with Crippen molar-refractivity contribution in [1.29, 1.82) is 0 Å². The van der Waals surface area contributed by atoms with Crippen LogP contribution in [0.1, 0.15) is 278 Å². The smallest absolute Gasteiger partial charge is 0.306 e. The molecule has 0 aliphatic carbocycles. The standard InChI is InChI=1S/C53H101NO5/c1-4-7-10-13-16-19-22-25-26-27-28-31-34-37-40-43-46-53(58)59-49(44-41-38-35-32-29-23-20-17-14-11-8-5-2)47-52(57)54-50(48-55)51(56)45-42-39-36-33-30-24-21-18-15-12-9-6-3/h8,11,17,20,49-51,55-56H,4-7,9-10,12-16,18-19,21-48H2,1-3H3,(H,54,57)/b11-8+,20-17+. The average molecular weight is 832 g/mol. The van der Waals surface area contributed by atoms with E-state index in [1.54, 1.807) is 0 Å². The van der Waals surface area contributed by atoms with Gasteiger partial charge >= 0.3 is 5.97 Å². The number of allylic oxidation sites excluding steroid dienone is 4. The Bertz CT molecular complexity index is 935. The van der Waals surface area contributed by atoms with Gasteiger partial charge in [-0.25, -0.2) is 0 Å². The molecule has 3 N–H and O–H groups in total. The Labute approximate surface area is 367 Å². The lowest BCUT2D eigenvalue weighted by atomic mass is 10.0. The maximum atomic E-state index is 13.2. The maximum Gasteiger partial charge on any atom is 0.306 e. The van der Waals surface area contributed by atoms with E-state index in [0.29, 0.717) is 19.3 Å². The summed E-state index contributed by atoms with van der Waals surface area (Å²) < 4.78 is 5.93. The van der Waals surface area contributed by atoms with Crippen LogP contribution in [0.2, 0.25) is 0 Å². The third-order valence-electron chi connectivity index (χ3n) is 12.0. The Morgan fingerprint density at radius 2 is 0.915 bits per heavy atom. The predicted molar refractivity (Wildman–Crippen MR) is 255 cm³/mol. The van der Waals surface area contributed by atoms with Crippen molar-refractivity contribution in [3.05, 3.63) is 24.3 Å². The maximum absolute atomic E-state index is 13.2. The molecule has 3 unspecified atom stereocenters. The molecule has 6 nitrogen and oxygen atoms in total. The van der Waals surface area contributed by atoms with Gasteiger partial charge < -0.3 is 20.3 Å². The van der Waals surface area contributed by atoms with Gasteiger partial charge in [-0.15, -0.1) is 0 Å². The summed E-state index contributed by atoms with van der Waals surface area (Å²) in [5.41, 5.74) is 0. The highest BCUT2D eigenvalue weighted by Crippen LogP contribution is 2.18. The number of hydrogen-bond acceptors (Lipinski definition) is 5. The van der Waals surface area contributed by atoms with Crippen molar-refractivity contribution >= 4 is 11.9 Å². The van der Waals surface area contributed by atoms with Gasteiger partial charge in [0.2, 0.25) is 5.91 Å². The highest BCUT2D eigenvalue weighted by Gasteiger charge is 2.24. The third-order valence-corrected chi connectivity index (χ3v) is 12.0. The quantitative estimate of drug-likeness (QED) is 0.0322. The molecule has 0 saturated heterocycles. The predicted octanol–water partition coefficient (Wildman–Crippen LogP) is 15.5. The van der Waals surface area contributed by atoms with E-state index >= 15 is 0 Å². The van der Waals surface area contributed by atoms with E-state index in [0.717, 1.165) is 70.6 Å². The summed E-state index contributed by atoms with van der Waals surface area (Å²) in [7, 11) is 0. The molecule has 0 aliphatic rings. The minimum Gasteiger partial charge on any atom is -0.462 e. The molecular formula is C53H101NO5. The summed E-state index contributed by atoms with van der Waals surface area (Å²) in [4.78, 5) is 26.1. The van der Waals surface area contributed by atoms with E-state index in [-0.39, 0.29) is 24.9 Å². The minimum atomic E-state index is -0.786. The van der Waals surface area contributed by atoms with Crippen molar-refractivity contribution in [3.63, 3.8) is 0 Å². The summed E-state index contributed by atoms with van der Waals surface area (Å²) in [5.74, 6) is -0.474. The van der Waals surface area contributed by atoms with Gasteiger partial charge in [0.1, 0.15) is 6.10 Å². The number of hydrogen-bond donors (Lipinski definition) is 3. The molecule has 0 rings (SSSR count). The molecule has 0 aromatic carbocycles.